The van der Waals surface area contributed by atoms with Crippen LogP contribution in [0.1, 0.15) is 5.56 Å². The number of para-hydroxylation sites is 2. The van der Waals surface area contributed by atoms with Gasteiger partial charge in [-0.2, -0.15) is 4.99 Å². The van der Waals surface area contributed by atoms with Crippen molar-refractivity contribution in [2.24, 2.45) is 4.99 Å². The second kappa shape index (κ2) is 9.61. The molecule has 30 heavy (non-hydrogen) atoms. The summed E-state index contributed by atoms with van der Waals surface area (Å²) in [6.07, 6.45) is 1.83. The van der Waals surface area contributed by atoms with Crippen molar-refractivity contribution < 1.29 is 9.59 Å². The molecule has 4 rings (SSSR count). The van der Waals surface area contributed by atoms with Crippen molar-refractivity contribution in [2.75, 3.05) is 10.7 Å². The van der Waals surface area contributed by atoms with Gasteiger partial charge in [0, 0.05) is 11.4 Å². The summed E-state index contributed by atoms with van der Waals surface area (Å²) in [5, 5.41) is 0. The average molecular weight is 431 g/mol. The lowest BCUT2D eigenvalue weighted by Gasteiger charge is -2.22. The minimum Gasteiger partial charge on any atom is -0.280 e. The van der Waals surface area contributed by atoms with Crippen molar-refractivity contribution in [3.05, 3.63) is 101 Å². The molecule has 2 amide bonds. The molecule has 148 valence electrons. The zero-order valence-electron chi connectivity index (χ0n) is 16.0. The standard InChI is InChI=1S/C24H18N2O2S2/c27-22(26(19-12-6-2-7-13-19)20-14-8-3-9-15-20)17-29-24-25-23(28)21(30-24)16-18-10-4-1-5-11-18/h1-16H,17H2. The first kappa shape index (κ1) is 20.2. The highest BCUT2D eigenvalue weighted by molar-refractivity contribution is 8.41. The number of amides is 2. The van der Waals surface area contributed by atoms with Gasteiger partial charge >= 0.3 is 0 Å². The van der Waals surface area contributed by atoms with E-state index in [9.17, 15) is 9.59 Å². The zero-order chi connectivity index (χ0) is 20.8. The van der Waals surface area contributed by atoms with E-state index in [-0.39, 0.29) is 17.6 Å². The van der Waals surface area contributed by atoms with E-state index in [1.807, 2.05) is 97.1 Å². The number of rotatable bonds is 5. The first-order valence-electron chi connectivity index (χ1n) is 9.34. The van der Waals surface area contributed by atoms with Gasteiger partial charge in [-0.05, 0) is 35.9 Å². The van der Waals surface area contributed by atoms with Crippen LogP contribution < -0.4 is 4.90 Å². The Morgan fingerprint density at radius 3 is 1.97 bits per heavy atom. The van der Waals surface area contributed by atoms with E-state index >= 15 is 0 Å². The lowest BCUT2D eigenvalue weighted by molar-refractivity contribution is -0.115. The van der Waals surface area contributed by atoms with Gasteiger partial charge < -0.3 is 0 Å². The minimum absolute atomic E-state index is 0.0753. The van der Waals surface area contributed by atoms with Crippen LogP contribution in [0.25, 0.3) is 6.08 Å². The van der Waals surface area contributed by atoms with Crippen molar-refractivity contribution in [3.8, 4) is 0 Å². The maximum atomic E-state index is 13.1. The molecule has 0 aliphatic carbocycles. The highest BCUT2D eigenvalue weighted by Crippen LogP contribution is 2.34. The number of aliphatic imine (C=N–C) groups is 1. The fourth-order valence-corrected chi connectivity index (χ4v) is 4.78. The Balaban J connectivity index is 1.46. The normalized spacial score (nSPS) is 14.6. The topological polar surface area (TPSA) is 49.7 Å². The SMILES string of the molecule is O=C1N=C(SCC(=O)N(c2ccccc2)c2ccccc2)SC1=Cc1ccccc1. The third-order valence-electron chi connectivity index (χ3n) is 4.30. The van der Waals surface area contributed by atoms with E-state index in [1.54, 1.807) is 4.90 Å². The second-order valence-corrected chi connectivity index (χ2v) is 8.65. The number of nitrogens with zero attached hydrogens (tertiary/aromatic N) is 2. The van der Waals surface area contributed by atoms with Crippen LogP contribution in [0.5, 0.6) is 0 Å². The van der Waals surface area contributed by atoms with Gasteiger partial charge in [-0.3, -0.25) is 14.5 Å². The summed E-state index contributed by atoms with van der Waals surface area (Å²) in [5.74, 6) is -0.156. The number of carbonyl (C=O) groups is 2. The van der Waals surface area contributed by atoms with Crippen LogP contribution in [0, 0.1) is 0 Å². The van der Waals surface area contributed by atoms with E-state index in [4.69, 9.17) is 0 Å². The van der Waals surface area contributed by atoms with Crippen LogP contribution in [0.4, 0.5) is 11.4 Å². The average Bonchev–Trinajstić information content (AvgIpc) is 3.14. The summed E-state index contributed by atoms with van der Waals surface area (Å²) >= 11 is 2.60. The molecule has 1 aliphatic rings. The van der Waals surface area contributed by atoms with Gasteiger partial charge in [-0.25, -0.2) is 0 Å². The van der Waals surface area contributed by atoms with Crippen molar-refractivity contribution in [1.29, 1.82) is 0 Å². The zero-order valence-corrected chi connectivity index (χ0v) is 17.6. The lowest BCUT2D eigenvalue weighted by Crippen LogP contribution is -2.27. The molecule has 1 aliphatic heterocycles. The van der Waals surface area contributed by atoms with Crippen molar-refractivity contribution in [1.82, 2.24) is 0 Å². The molecule has 0 fully saturated rings. The van der Waals surface area contributed by atoms with Crippen LogP contribution in [0.3, 0.4) is 0 Å². The van der Waals surface area contributed by atoms with Gasteiger partial charge in [0.2, 0.25) is 5.91 Å². The van der Waals surface area contributed by atoms with Gasteiger partial charge in [0.05, 0.1) is 10.7 Å². The first-order valence-corrected chi connectivity index (χ1v) is 11.1. The number of anilines is 2. The molecule has 3 aromatic rings. The number of hydrogen-bond acceptors (Lipinski definition) is 4. The third-order valence-corrected chi connectivity index (χ3v) is 6.41. The van der Waals surface area contributed by atoms with Crippen LogP contribution >= 0.6 is 23.5 Å². The molecule has 4 nitrogen and oxygen atoms in total. The van der Waals surface area contributed by atoms with E-state index in [2.05, 4.69) is 4.99 Å². The predicted molar refractivity (Wildman–Crippen MR) is 127 cm³/mol. The monoisotopic (exact) mass is 430 g/mol. The van der Waals surface area contributed by atoms with Crippen LogP contribution in [-0.4, -0.2) is 21.9 Å². The van der Waals surface area contributed by atoms with Crippen LogP contribution in [-0.2, 0) is 9.59 Å². The van der Waals surface area contributed by atoms with Crippen molar-refractivity contribution in [2.45, 2.75) is 0 Å². The molecule has 0 saturated heterocycles. The predicted octanol–water partition coefficient (Wildman–Crippen LogP) is 5.76. The third kappa shape index (κ3) is 4.90. The van der Waals surface area contributed by atoms with Crippen LogP contribution in [0.2, 0.25) is 0 Å². The molecular formula is C24H18N2O2S2. The molecular weight excluding hydrogens is 412 g/mol. The molecule has 0 bridgehead atoms. The van der Waals surface area contributed by atoms with E-state index in [1.165, 1.54) is 23.5 Å². The molecule has 3 aromatic carbocycles. The van der Waals surface area contributed by atoms with Gasteiger partial charge in [0.15, 0.2) is 0 Å². The molecule has 0 radical (unpaired) electrons. The molecule has 0 N–H and O–H groups in total. The number of hydrogen-bond donors (Lipinski definition) is 0. The van der Waals surface area contributed by atoms with Gasteiger partial charge in [0.25, 0.3) is 5.91 Å². The Kier molecular flexibility index (Phi) is 6.47. The maximum Gasteiger partial charge on any atom is 0.285 e. The fourth-order valence-electron chi connectivity index (χ4n) is 2.93. The Morgan fingerprint density at radius 2 is 1.40 bits per heavy atom. The smallest absolute Gasteiger partial charge is 0.280 e. The summed E-state index contributed by atoms with van der Waals surface area (Å²) < 4.78 is 0.594. The molecule has 0 spiro atoms. The molecule has 6 heteroatoms. The van der Waals surface area contributed by atoms with E-state index < -0.39 is 0 Å². The molecule has 0 atom stereocenters. The molecule has 0 saturated carbocycles. The Hall–Kier alpha value is -3.09. The van der Waals surface area contributed by atoms with Gasteiger partial charge in [-0.1, -0.05) is 90.3 Å². The Labute approximate surface area is 183 Å². The number of benzene rings is 3. The largest absolute Gasteiger partial charge is 0.285 e. The quantitative estimate of drug-likeness (QED) is 0.483. The Morgan fingerprint density at radius 1 is 0.867 bits per heavy atom. The number of carbonyl (C=O) groups excluding carboxylic acids is 2. The van der Waals surface area contributed by atoms with Crippen molar-refractivity contribution >= 4 is 57.2 Å². The van der Waals surface area contributed by atoms with E-state index in [0.29, 0.717) is 9.28 Å². The molecule has 1 heterocycles. The summed E-state index contributed by atoms with van der Waals surface area (Å²) in [4.78, 5) is 31.7. The highest BCUT2D eigenvalue weighted by atomic mass is 32.2. The minimum atomic E-state index is -0.262. The van der Waals surface area contributed by atoms with Crippen molar-refractivity contribution in [3.63, 3.8) is 0 Å². The van der Waals surface area contributed by atoms with Crippen LogP contribution in [0.15, 0.2) is 101 Å². The lowest BCUT2D eigenvalue weighted by atomic mass is 10.2. The first-order chi connectivity index (χ1) is 14.7. The summed E-state index contributed by atoms with van der Waals surface area (Å²) in [7, 11) is 0. The van der Waals surface area contributed by atoms with Gasteiger partial charge in [-0.15, -0.1) is 0 Å². The summed E-state index contributed by atoms with van der Waals surface area (Å²) in [6.45, 7) is 0. The maximum absolute atomic E-state index is 13.1. The second-order valence-electron chi connectivity index (χ2n) is 6.39. The van der Waals surface area contributed by atoms with Gasteiger partial charge in [0.1, 0.15) is 4.38 Å². The fraction of sp³-hybridized carbons (Fsp3) is 0.0417. The highest BCUT2D eigenvalue weighted by Gasteiger charge is 2.24. The number of thioether (sulfide) groups is 2. The molecule has 0 unspecified atom stereocenters. The van der Waals surface area contributed by atoms with E-state index in [0.717, 1.165) is 16.9 Å². The Bertz CT molecular complexity index is 1060. The summed E-state index contributed by atoms with van der Waals surface area (Å²) in [5.41, 5.74) is 2.55. The molecule has 0 aromatic heterocycles. The summed E-state index contributed by atoms with van der Waals surface area (Å²) in [6, 6.07) is 28.7.